The van der Waals surface area contributed by atoms with E-state index < -0.39 is 5.60 Å². The van der Waals surface area contributed by atoms with Gasteiger partial charge in [0.2, 0.25) is 0 Å². The Kier molecular flexibility index (Phi) is 2.06. The van der Waals surface area contributed by atoms with E-state index in [9.17, 15) is 9.90 Å². The summed E-state index contributed by atoms with van der Waals surface area (Å²) >= 11 is 0. The first-order valence-corrected chi connectivity index (χ1v) is 4.18. The van der Waals surface area contributed by atoms with Gasteiger partial charge in [0, 0.05) is 5.92 Å². The van der Waals surface area contributed by atoms with Gasteiger partial charge in [0.1, 0.15) is 5.78 Å². The first kappa shape index (κ1) is 8.72. The van der Waals surface area contributed by atoms with Gasteiger partial charge in [-0.25, -0.2) is 0 Å². The van der Waals surface area contributed by atoms with E-state index in [0.717, 1.165) is 12.8 Å². The van der Waals surface area contributed by atoms with Crippen LogP contribution in [0.4, 0.5) is 0 Å². The Bertz CT molecular complexity index is 172. The fraction of sp³-hybridized carbons (Fsp3) is 0.889. The topological polar surface area (TPSA) is 37.3 Å². The first-order chi connectivity index (χ1) is 4.95. The van der Waals surface area contributed by atoms with Crippen LogP contribution in [-0.4, -0.2) is 16.5 Å². The van der Waals surface area contributed by atoms with Crippen LogP contribution in [0.25, 0.3) is 0 Å². The number of carbonyl (C=O) groups excluding carboxylic acids is 1. The van der Waals surface area contributed by atoms with E-state index in [0.29, 0.717) is 0 Å². The Morgan fingerprint density at radius 3 is 2.36 bits per heavy atom. The Morgan fingerprint density at radius 2 is 2.18 bits per heavy atom. The standard InChI is InChI=1S/C9H16O2/c1-6-8(7(2)10)4-5-9(6,3)11/h6,8,11H,4-5H2,1-3H3/t6-,8+,9-/m0/s1. The molecule has 64 valence electrons. The summed E-state index contributed by atoms with van der Waals surface area (Å²) in [7, 11) is 0. The van der Waals surface area contributed by atoms with E-state index >= 15 is 0 Å². The molecule has 0 aromatic heterocycles. The third-order valence-electron chi connectivity index (χ3n) is 3.07. The summed E-state index contributed by atoms with van der Waals surface area (Å²) in [6, 6.07) is 0. The van der Waals surface area contributed by atoms with Crippen molar-refractivity contribution in [3.63, 3.8) is 0 Å². The van der Waals surface area contributed by atoms with Gasteiger partial charge in [0.25, 0.3) is 0 Å². The molecule has 2 nitrogen and oxygen atoms in total. The molecule has 11 heavy (non-hydrogen) atoms. The van der Waals surface area contributed by atoms with E-state index in [1.807, 2.05) is 13.8 Å². The van der Waals surface area contributed by atoms with Crippen LogP contribution in [0.15, 0.2) is 0 Å². The maximum Gasteiger partial charge on any atom is 0.133 e. The second-order valence-corrected chi connectivity index (χ2v) is 3.90. The van der Waals surface area contributed by atoms with Gasteiger partial charge >= 0.3 is 0 Å². The molecule has 0 aliphatic heterocycles. The molecule has 1 rings (SSSR count). The van der Waals surface area contributed by atoms with E-state index in [1.165, 1.54) is 0 Å². The second kappa shape index (κ2) is 2.59. The van der Waals surface area contributed by atoms with Crippen molar-refractivity contribution in [2.75, 3.05) is 0 Å². The van der Waals surface area contributed by atoms with Gasteiger partial charge in [-0.15, -0.1) is 0 Å². The molecule has 0 aromatic rings. The van der Waals surface area contributed by atoms with Crippen LogP contribution in [0.3, 0.4) is 0 Å². The predicted octanol–water partition coefficient (Wildman–Crippen LogP) is 1.37. The summed E-state index contributed by atoms with van der Waals surface area (Å²) in [6.07, 6.45) is 1.61. The van der Waals surface area contributed by atoms with Gasteiger partial charge in [0.05, 0.1) is 5.60 Å². The van der Waals surface area contributed by atoms with Crippen molar-refractivity contribution in [3.05, 3.63) is 0 Å². The third-order valence-corrected chi connectivity index (χ3v) is 3.07. The molecule has 2 heteroatoms. The molecular formula is C9H16O2. The summed E-state index contributed by atoms with van der Waals surface area (Å²) in [5.74, 6) is 0.431. The Balaban J connectivity index is 2.71. The maximum atomic E-state index is 11.0. The normalized spacial score (nSPS) is 44.4. The van der Waals surface area contributed by atoms with E-state index in [1.54, 1.807) is 6.92 Å². The van der Waals surface area contributed by atoms with Crippen LogP contribution < -0.4 is 0 Å². The van der Waals surface area contributed by atoms with Crippen molar-refractivity contribution < 1.29 is 9.90 Å². The van der Waals surface area contributed by atoms with Gasteiger partial charge in [-0.05, 0) is 32.6 Å². The molecule has 0 spiro atoms. The summed E-state index contributed by atoms with van der Waals surface area (Å²) in [4.78, 5) is 11.0. The van der Waals surface area contributed by atoms with Crippen molar-refractivity contribution in [2.45, 2.75) is 39.2 Å². The molecule has 0 unspecified atom stereocenters. The summed E-state index contributed by atoms with van der Waals surface area (Å²) in [5, 5.41) is 9.73. The van der Waals surface area contributed by atoms with Crippen LogP contribution in [0.2, 0.25) is 0 Å². The second-order valence-electron chi connectivity index (χ2n) is 3.90. The summed E-state index contributed by atoms with van der Waals surface area (Å²) in [5.41, 5.74) is -0.615. The minimum atomic E-state index is -0.615. The average molecular weight is 156 g/mol. The molecule has 3 atom stereocenters. The van der Waals surface area contributed by atoms with Crippen LogP contribution in [-0.2, 0) is 4.79 Å². The fourth-order valence-corrected chi connectivity index (χ4v) is 1.91. The minimum Gasteiger partial charge on any atom is -0.390 e. The minimum absolute atomic E-state index is 0.0880. The molecule has 0 aromatic carbocycles. The summed E-state index contributed by atoms with van der Waals surface area (Å²) < 4.78 is 0. The monoisotopic (exact) mass is 156 g/mol. The molecule has 1 saturated carbocycles. The fourth-order valence-electron chi connectivity index (χ4n) is 1.91. The SMILES string of the molecule is CC(=O)[C@@H]1CC[C@](C)(O)[C@H]1C. The van der Waals surface area contributed by atoms with Gasteiger partial charge in [-0.1, -0.05) is 6.92 Å². The highest BCUT2D eigenvalue weighted by atomic mass is 16.3. The van der Waals surface area contributed by atoms with E-state index in [2.05, 4.69) is 0 Å². The first-order valence-electron chi connectivity index (χ1n) is 4.18. The molecule has 1 fully saturated rings. The number of aliphatic hydroxyl groups is 1. The highest BCUT2D eigenvalue weighted by Crippen LogP contribution is 2.39. The molecule has 1 aliphatic rings. The maximum absolute atomic E-state index is 11.0. The van der Waals surface area contributed by atoms with Crippen LogP contribution in [0, 0.1) is 11.8 Å². The lowest BCUT2D eigenvalue weighted by Gasteiger charge is -2.24. The quantitative estimate of drug-likeness (QED) is 0.622. The highest BCUT2D eigenvalue weighted by Gasteiger charge is 2.42. The molecule has 0 radical (unpaired) electrons. The Hall–Kier alpha value is -0.370. The third kappa shape index (κ3) is 1.45. The van der Waals surface area contributed by atoms with Crippen LogP contribution >= 0.6 is 0 Å². The Labute approximate surface area is 67.6 Å². The molecule has 1 N–H and O–H groups in total. The Morgan fingerprint density at radius 1 is 1.64 bits per heavy atom. The predicted molar refractivity (Wildman–Crippen MR) is 43.2 cm³/mol. The number of hydrogen-bond donors (Lipinski definition) is 1. The van der Waals surface area contributed by atoms with Crippen molar-refractivity contribution in [1.29, 1.82) is 0 Å². The molecule has 0 heterocycles. The average Bonchev–Trinajstić information content (AvgIpc) is 2.09. The van der Waals surface area contributed by atoms with Gasteiger partial charge in [-0.2, -0.15) is 0 Å². The molecule has 0 amide bonds. The van der Waals surface area contributed by atoms with Gasteiger partial charge < -0.3 is 5.11 Å². The van der Waals surface area contributed by atoms with E-state index in [4.69, 9.17) is 0 Å². The molecule has 0 bridgehead atoms. The molecular weight excluding hydrogens is 140 g/mol. The number of Topliss-reactive ketones (excluding diaryl/α,β-unsaturated/α-hetero) is 1. The van der Waals surface area contributed by atoms with E-state index in [-0.39, 0.29) is 17.6 Å². The molecule has 0 saturated heterocycles. The van der Waals surface area contributed by atoms with Crippen molar-refractivity contribution >= 4 is 5.78 Å². The number of ketones is 1. The van der Waals surface area contributed by atoms with Crippen LogP contribution in [0.1, 0.15) is 33.6 Å². The summed E-state index contributed by atoms with van der Waals surface area (Å²) in [6.45, 7) is 5.39. The van der Waals surface area contributed by atoms with Crippen molar-refractivity contribution in [2.24, 2.45) is 11.8 Å². The van der Waals surface area contributed by atoms with Gasteiger partial charge in [0.15, 0.2) is 0 Å². The zero-order valence-corrected chi connectivity index (χ0v) is 7.42. The number of rotatable bonds is 1. The van der Waals surface area contributed by atoms with Crippen molar-refractivity contribution in [3.8, 4) is 0 Å². The van der Waals surface area contributed by atoms with Crippen molar-refractivity contribution in [1.82, 2.24) is 0 Å². The highest BCUT2D eigenvalue weighted by molar-refractivity contribution is 5.79. The van der Waals surface area contributed by atoms with Crippen LogP contribution in [0.5, 0.6) is 0 Å². The smallest absolute Gasteiger partial charge is 0.133 e. The molecule has 1 aliphatic carbocycles. The lowest BCUT2D eigenvalue weighted by molar-refractivity contribution is -0.123. The number of carbonyl (C=O) groups is 1. The largest absolute Gasteiger partial charge is 0.390 e. The lowest BCUT2D eigenvalue weighted by atomic mass is 9.87. The number of hydrogen-bond acceptors (Lipinski definition) is 2. The zero-order chi connectivity index (χ0) is 8.65. The van der Waals surface area contributed by atoms with Gasteiger partial charge in [-0.3, -0.25) is 4.79 Å². The zero-order valence-electron chi connectivity index (χ0n) is 7.42. The lowest BCUT2D eigenvalue weighted by Crippen LogP contribution is -2.31.